The van der Waals surface area contributed by atoms with Crippen LogP contribution in [0.3, 0.4) is 0 Å². The van der Waals surface area contributed by atoms with E-state index in [4.69, 9.17) is 4.74 Å². The molecule has 20 heavy (non-hydrogen) atoms. The molecule has 1 fully saturated rings. The zero-order valence-electron chi connectivity index (χ0n) is 12.4. The highest BCUT2D eigenvalue weighted by Gasteiger charge is 2.26. The van der Waals surface area contributed by atoms with Crippen molar-refractivity contribution >= 4 is 5.78 Å². The highest BCUT2D eigenvalue weighted by Crippen LogP contribution is 2.26. The van der Waals surface area contributed by atoms with Gasteiger partial charge in [0.25, 0.3) is 0 Å². The van der Waals surface area contributed by atoms with Gasteiger partial charge in [0.15, 0.2) is 5.78 Å². The third kappa shape index (κ3) is 5.79. The first kappa shape index (κ1) is 16.1. The van der Waals surface area contributed by atoms with E-state index in [0.29, 0.717) is 17.9 Å². The number of carbonyl (C=O) groups excluding carboxylic acids is 1. The predicted octanol–water partition coefficient (Wildman–Crippen LogP) is 3.66. The number of ketones is 1. The Hall–Kier alpha value is -1.95. The summed E-state index contributed by atoms with van der Waals surface area (Å²) in [5.74, 6) is 0.642. The molecule has 2 heteroatoms. The van der Waals surface area contributed by atoms with Crippen molar-refractivity contribution in [3.05, 3.63) is 46.5 Å². The van der Waals surface area contributed by atoms with Gasteiger partial charge < -0.3 is 4.74 Å². The number of hydrogen-bond donors (Lipinski definition) is 0. The number of carbonyl (C=O) groups is 1. The molecule has 0 aromatic carbocycles. The molecule has 1 rings (SSSR count). The quantitative estimate of drug-likeness (QED) is 0.577. The summed E-state index contributed by atoms with van der Waals surface area (Å²) >= 11 is 0. The molecule has 0 N–H and O–H groups in total. The zero-order chi connectivity index (χ0) is 15.0. The molecule has 0 amide bonds. The maximum absolute atomic E-state index is 12.0. The fourth-order valence-corrected chi connectivity index (χ4v) is 2.34. The minimum atomic E-state index is 0.0149. The standard InChI is InChI=1S/C18H20O2/c1-5-6-7-8-9-10-15(3)18(19)13-17-12-14(2)11-16(4)20-17/h14,16-17H,1,11-13H2,2-4H3. The molecule has 0 aromatic heterocycles. The van der Waals surface area contributed by atoms with Crippen molar-refractivity contribution in [1.29, 1.82) is 0 Å². The van der Waals surface area contributed by atoms with Gasteiger partial charge in [0, 0.05) is 12.0 Å². The van der Waals surface area contributed by atoms with Crippen molar-refractivity contribution in [2.45, 2.75) is 52.2 Å². The van der Waals surface area contributed by atoms with Gasteiger partial charge in [-0.05, 0) is 62.1 Å². The van der Waals surface area contributed by atoms with E-state index in [9.17, 15) is 4.79 Å². The molecule has 1 aliphatic rings. The molecule has 0 radical (unpaired) electrons. The zero-order valence-corrected chi connectivity index (χ0v) is 12.4. The molecule has 1 saturated heterocycles. The Morgan fingerprint density at radius 2 is 1.90 bits per heavy atom. The third-order valence-corrected chi connectivity index (χ3v) is 3.18. The smallest absolute Gasteiger partial charge is 0.169 e. The van der Waals surface area contributed by atoms with Crippen molar-refractivity contribution in [1.82, 2.24) is 0 Å². The lowest BCUT2D eigenvalue weighted by Crippen LogP contribution is -2.31. The lowest BCUT2D eigenvalue weighted by Gasteiger charge is -2.31. The lowest BCUT2D eigenvalue weighted by molar-refractivity contribution is -0.122. The number of allylic oxidation sites excluding steroid dienone is 1. The van der Waals surface area contributed by atoms with Gasteiger partial charge in [-0.25, -0.2) is 0 Å². The van der Waals surface area contributed by atoms with Crippen LogP contribution in [0.1, 0.15) is 40.0 Å². The van der Waals surface area contributed by atoms with Crippen molar-refractivity contribution in [3.8, 4) is 0 Å². The van der Waals surface area contributed by atoms with Gasteiger partial charge in [-0.1, -0.05) is 18.4 Å². The van der Waals surface area contributed by atoms with Crippen LogP contribution < -0.4 is 0 Å². The SMILES string of the molecule is C=C=C=C=C=C=C=C(C)C(=O)CC1CC(C)CC(C)O1. The van der Waals surface area contributed by atoms with Crippen molar-refractivity contribution < 1.29 is 9.53 Å². The number of hydrogen-bond acceptors (Lipinski definition) is 2. The Balaban J connectivity index is 2.76. The first-order valence-corrected chi connectivity index (χ1v) is 6.83. The van der Waals surface area contributed by atoms with Gasteiger partial charge >= 0.3 is 0 Å². The van der Waals surface area contributed by atoms with E-state index in [1.54, 1.807) is 6.92 Å². The molecule has 1 heterocycles. The highest BCUT2D eigenvalue weighted by atomic mass is 16.5. The van der Waals surface area contributed by atoms with E-state index in [1.165, 1.54) is 0 Å². The van der Waals surface area contributed by atoms with Gasteiger partial charge in [0.05, 0.1) is 12.2 Å². The van der Waals surface area contributed by atoms with E-state index >= 15 is 0 Å². The van der Waals surface area contributed by atoms with Crippen LogP contribution in [0.15, 0.2) is 46.5 Å². The van der Waals surface area contributed by atoms with Crippen LogP contribution in [0, 0.1) is 5.92 Å². The van der Waals surface area contributed by atoms with Gasteiger partial charge in [-0.15, -0.1) is 0 Å². The second kappa shape index (κ2) is 8.27. The van der Waals surface area contributed by atoms with E-state index in [1.807, 2.05) is 0 Å². The largest absolute Gasteiger partial charge is 0.375 e. The van der Waals surface area contributed by atoms with Crippen LogP contribution in [0.4, 0.5) is 0 Å². The molecule has 0 aromatic rings. The Bertz CT molecular complexity index is 579. The monoisotopic (exact) mass is 268 g/mol. The van der Waals surface area contributed by atoms with Crippen LogP contribution in [-0.2, 0) is 9.53 Å². The molecule has 0 spiro atoms. The topological polar surface area (TPSA) is 26.3 Å². The number of ether oxygens (including phenoxy) is 1. The summed E-state index contributed by atoms with van der Waals surface area (Å²) in [6.45, 7) is 9.32. The van der Waals surface area contributed by atoms with Gasteiger partial charge in [0.1, 0.15) is 0 Å². The van der Waals surface area contributed by atoms with Crippen molar-refractivity contribution in [3.63, 3.8) is 0 Å². The number of Topliss-reactive ketones (excluding diaryl/α,β-unsaturated/α-hetero) is 1. The molecular formula is C18H20O2. The summed E-state index contributed by atoms with van der Waals surface area (Å²) < 4.78 is 5.80. The minimum absolute atomic E-state index is 0.0149. The Morgan fingerprint density at radius 3 is 2.55 bits per heavy atom. The molecular weight excluding hydrogens is 248 g/mol. The summed E-state index contributed by atoms with van der Waals surface area (Å²) in [5, 5.41) is 0. The normalized spacial score (nSPS) is 24.1. The van der Waals surface area contributed by atoms with Crippen LogP contribution >= 0.6 is 0 Å². The van der Waals surface area contributed by atoms with Gasteiger partial charge in [0.2, 0.25) is 0 Å². The molecule has 1 aliphatic heterocycles. The van der Waals surface area contributed by atoms with E-state index in [0.717, 1.165) is 12.8 Å². The van der Waals surface area contributed by atoms with Crippen LogP contribution in [0.2, 0.25) is 0 Å². The molecule has 2 nitrogen and oxygen atoms in total. The lowest BCUT2D eigenvalue weighted by atomic mass is 9.91. The van der Waals surface area contributed by atoms with Gasteiger partial charge in [-0.3, -0.25) is 4.79 Å². The van der Waals surface area contributed by atoms with E-state index in [2.05, 4.69) is 54.8 Å². The summed E-state index contributed by atoms with van der Waals surface area (Å²) in [4.78, 5) is 12.0. The van der Waals surface area contributed by atoms with E-state index < -0.39 is 0 Å². The fraction of sp³-hybridized carbons (Fsp3) is 0.500. The van der Waals surface area contributed by atoms with E-state index in [-0.39, 0.29) is 18.0 Å². The Kier molecular flexibility index (Phi) is 6.66. The summed E-state index contributed by atoms with van der Waals surface area (Å²) in [5.41, 5.74) is 15.9. The summed E-state index contributed by atoms with van der Waals surface area (Å²) in [6.07, 6.45) is 2.66. The number of rotatable bonds is 3. The fourth-order valence-electron chi connectivity index (χ4n) is 2.34. The minimum Gasteiger partial charge on any atom is -0.375 e. The van der Waals surface area contributed by atoms with Crippen LogP contribution in [0.25, 0.3) is 0 Å². The highest BCUT2D eigenvalue weighted by molar-refractivity contribution is 5.94. The predicted molar refractivity (Wildman–Crippen MR) is 78.2 cm³/mol. The average molecular weight is 268 g/mol. The first-order chi connectivity index (χ1) is 9.52. The second-order valence-corrected chi connectivity index (χ2v) is 5.20. The molecule has 0 aliphatic carbocycles. The molecule has 0 saturated carbocycles. The second-order valence-electron chi connectivity index (χ2n) is 5.20. The first-order valence-electron chi connectivity index (χ1n) is 6.83. The maximum atomic E-state index is 12.0. The van der Waals surface area contributed by atoms with Crippen LogP contribution in [0.5, 0.6) is 0 Å². The molecule has 0 bridgehead atoms. The molecule has 104 valence electrons. The summed E-state index contributed by atoms with van der Waals surface area (Å²) in [7, 11) is 0. The van der Waals surface area contributed by atoms with Gasteiger partial charge in [-0.2, -0.15) is 0 Å². The average Bonchev–Trinajstić information content (AvgIpc) is 2.36. The van der Waals surface area contributed by atoms with Crippen LogP contribution in [-0.4, -0.2) is 18.0 Å². The maximum Gasteiger partial charge on any atom is 0.169 e. The Morgan fingerprint density at radius 1 is 1.20 bits per heavy atom. The third-order valence-electron chi connectivity index (χ3n) is 3.18. The Labute approximate surface area is 120 Å². The summed E-state index contributed by atoms with van der Waals surface area (Å²) in [6, 6.07) is 0. The molecule has 3 unspecified atom stereocenters. The van der Waals surface area contributed by atoms with Crippen molar-refractivity contribution in [2.24, 2.45) is 5.92 Å². The van der Waals surface area contributed by atoms with Crippen molar-refractivity contribution in [2.75, 3.05) is 0 Å². The molecule has 3 atom stereocenters.